The molecule has 3 aromatic rings. The lowest BCUT2D eigenvalue weighted by Gasteiger charge is -2.19. The van der Waals surface area contributed by atoms with E-state index in [1.165, 1.54) is 34.7 Å². The van der Waals surface area contributed by atoms with Crippen LogP contribution in [0.3, 0.4) is 0 Å². The quantitative estimate of drug-likeness (QED) is 0.558. The standard InChI is InChI=1S/C20H20/c1-2-9-18(16-10-4-3-5-11-16)20-15-8-13-17-12-6-7-14-19(17)20/h3-8,10-15,18H,2,9H2,1H3. The van der Waals surface area contributed by atoms with Gasteiger partial charge in [0, 0.05) is 5.92 Å². The van der Waals surface area contributed by atoms with Gasteiger partial charge in [0.1, 0.15) is 0 Å². The Morgan fingerprint density at radius 1 is 0.750 bits per heavy atom. The maximum atomic E-state index is 2.29. The van der Waals surface area contributed by atoms with E-state index < -0.39 is 0 Å². The Hall–Kier alpha value is -2.08. The van der Waals surface area contributed by atoms with Crippen molar-refractivity contribution in [3.8, 4) is 0 Å². The topological polar surface area (TPSA) is 0 Å². The molecule has 0 heteroatoms. The van der Waals surface area contributed by atoms with Crippen LogP contribution in [0.2, 0.25) is 0 Å². The smallest absolute Gasteiger partial charge is 0.00953 e. The largest absolute Gasteiger partial charge is 0.0653 e. The summed E-state index contributed by atoms with van der Waals surface area (Å²) in [7, 11) is 0. The summed E-state index contributed by atoms with van der Waals surface area (Å²) in [6.45, 7) is 2.26. The minimum Gasteiger partial charge on any atom is -0.0653 e. The molecule has 0 aliphatic rings. The molecule has 3 aromatic carbocycles. The Morgan fingerprint density at radius 2 is 1.45 bits per heavy atom. The fraction of sp³-hybridized carbons (Fsp3) is 0.200. The first-order chi connectivity index (χ1) is 9.90. The van der Waals surface area contributed by atoms with E-state index in [4.69, 9.17) is 0 Å². The van der Waals surface area contributed by atoms with Crippen molar-refractivity contribution in [3.05, 3.63) is 83.9 Å². The molecular weight excluding hydrogens is 240 g/mol. The molecule has 0 bridgehead atoms. The summed E-state index contributed by atoms with van der Waals surface area (Å²) in [6, 6.07) is 26.3. The van der Waals surface area contributed by atoms with Gasteiger partial charge in [-0.3, -0.25) is 0 Å². The van der Waals surface area contributed by atoms with Crippen LogP contribution in [0.15, 0.2) is 72.8 Å². The summed E-state index contributed by atoms with van der Waals surface area (Å²) in [5.41, 5.74) is 2.88. The second kappa shape index (κ2) is 5.92. The minimum absolute atomic E-state index is 0.493. The number of benzene rings is 3. The molecule has 0 nitrogen and oxygen atoms in total. The molecule has 100 valence electrons. The number of hydrogen-bond donors (Lipinski definition) is 0. The van der Waals surface area contributed by atoms with Crippen molar-refractivity contribution >= 4 is 10.8 Å². The predicted octanol–water partition coefficient (Wildman–Crippen LogP) is 5.77. The van der Waals surface area contributed by atoms with Gasteiger partial charge in [0.05, 0.1) is 0 Å². The number of hydrogen-bond acceptors (Lipinski definition) is 0. The summed E-state index contributed by atoms with van der Waals surface area (Å²) in [4.78, 5) is 0. The molecule has 0 aromatic heterocycles. The minimum atomic E-state index is 0.493. The highest BCUT2D eigenvalue weighted by molar-refractivity contribution is 5.86. The van der Waals surface area contributed by atoms with Crippen LogP contribution in [0.1, 0.15) is 36.8 Å². The molecule has 0 saturated heterocycles. The Labute approximate surface area is 121 Å². The molecule has 0 radical (unpaired) electrons. The zero-order valence-electron chi connectivity index (χ0n) is 11.9. The zero-order chi connectivity index (χ0) is 13.8. The third kappa shape index (κ3) is 2.46. The molecule has 1 unspecified atom stereocenters. The van der Waals surface area contributed by atoms with E-state index >= 15 is 0 Å². The molecule has 0 spiro atoms. The van der Waals surface area contributed by atoms with Gasteiger partial charge in [-0.05, 0) is 28.3 Å². The second-order valence-electron chi connectivity index (χ2n) is 5.32. The average molecular weight is 260 g/mol. The highest BCUT2D eigenvalue weighted by Gasteiger charge is 2.15. The van der Waals surface area contributed by atoms with Gasteiger partial charge in [-0.1, -0.05) is 86.1 Å². The molecule has 0 amide bonds. The lowest BCUT2D eigenvalue weighted by Crippen LogP contribution is -2.01. The molecule has 3 rings (SSSR count). The fourth-order valence-electron chi connectivity index (χ4n) is 3.03. The molecule has 0 aliphatic carbocycles. The summed E-state index contributed by atoms with van der Waals surface area (Å²) in [5, 5.41) is 2.72. The molecule has 0 saturated carbocycles. The lowest BCUT2D eigenvalue weighted by atomic mass is 9.85. The van der Waals surface area contributed by atoms with Crippen molar-refractivity contribution in [2.75, 3.05) is 0 Å². The fourth-order valence-corrected chi connectivity index (χ4v) is 3.03. The predicted molar refractivity (Wildman–Crippen MR) is 87.1 cm³/mol. The van der Waals surface area contributed by atoms with Gasteiger partial charge in [0.15, 0.2) is 0 Å². The van der Waals surface area contributed by atoms with E-state index in [1.54, 1.807) is 0 Å². The van der Waals surface area contributed by atoms with Crippen LogP contribution < -0.4 is 0 Å². The summed E-state index contributed by atoms with van der Waals surface area (Å²) >= 11 is 0. The van der Waals surface area contributed by atoms with Crippen LogP contribution in [-0.2, 0) is 0 Å². The van der Waals surface area contributed by atoms with Crippen molar-refractivity contribution in [2.45, 2.75) is 25.7 Å². The first-order valence-electron chi connectivity index (χ1n) is 7.42. The van der Waals surface area contributed by atoms with E-state index in [-0.39, 0.29) is 0 Å². The lowest BCUT2D eigenvalue weighted by molar-refractivity contribution is 0.702. The first kappa shape index (κ1) is 12.9. The highest BCUT2D eigenvalue weighted by Crippen LogP contribution is 2.33. The zero-order valence-corrected chi connectivity index (χ0v) is 11.9. The van der Waals surface area contributed by atoms with Gasteiger partial charge >= 0.3 is 0 Å². The van der Waals surface area contributed by atoms with Gasteiger partial charge in [0.2, 0.25) is 0 Å². The van der Waals surface area contributed by atoms with Crippen molar-refractivity contribution in [1.29, 1.82) is 0 Å². The van der Waals surface area contributed by atoms with Crippen LogP contribution in [-0.4, -0.2) is 0 Å². The number of fused-ring (bicyclic) bond motifs is 1. The van der Waals surface area contributed by atoms with Crippen LogP contribution in [0.4, 0.5) is 0 Å². The average Bonchev–Trinajstić information content (AvgIpc) is 2.53. The molecule has 0 fully saturated rings. The maximum Gasteiger partial charge on any atom is 0.00953 e. The summed E-state index contributed by atoms with van der Waals surface area (Å²) < 4.78 is 0. The van der Waals surface area contributed by atoms with E-state index in [0.29, 0.717) is 5.92 Å². The maximum absolute atomic E-state index is 2.29. The van der Waals surface area contributed by atoms with Gasteiger partial charge in [-0.15, -0.1) is 0 Å². The van der Waals surface area contributed by atoms with Crippen molar-refractivity contribution < 1.29 is 0 Å². The van der Waals surface area contributed by atoms with Crippen molar-refractivity contribution in [2.24, 2.45) is 0 Å². The highest BCUT2D eigenvalue weighted by atomic mass is 14.2. The molecule has 0 aliphatic heterocycles. The van der Waals surface area contributed by atoms with Gasteiger partial charge < -0.3 is 0 Å². The van der Waals surface area contributed by atoms with Crippen LogP contribution in [0.25, 0.3) is 10.8 Å². The van der Waals surface area contributed by atoms with Crippen LogP contribution in [0.5, 0.6) is 0 Å². The Balaban J connectivity index is 2.15. The number of rotatable bonds is 4. The van der Waals surface area contributed by atoms with Gasteiger partial charge in [-0.25, -0.2) is 0 Å². The van der Waals surface area contributed by atoms with Crippen molar-refractivity contribution in [3.63, 3.8) is 0 Å². The van der Waals surface area contributed by atoms with Crippen LogP contribution >= 0.6 is 0 Å². The van der Waals surface area contributed by atoms with Gasteiger partial charge in [0.25, 0.3) is 0 Å². The third-order valence-electron chi connectivity index (χ3n) is 3.98. The Bertz CT molecular complexity index is 677. The first-order valence-corrected chi connectivity index (χ1v) is 7.42. The third-order valence-corrected chi connectivity index (χ3v) is 3.98. The Kier molecular flexibility index (Phi) is 3.83. The molecule has 20 heavy (non-hydrogen) atoms. The molecular formula is C20H20. The molecule has 1 atom stereocenters. The van der Waals surface area contributed by atoms with E-state index in [9.17, 15) is 0 Å². The summed E-state index contributed by atoms with van der Waals surface area (Å²) in [5.74, 6) is 0.493. The SMILES string of the molecule is CCCC(c1ccccc1)c1cccc2ccccc12. The summed E-state index contributed by atoms with van der Waals surface area (Å²) in [6.07, 6.45) is 2.39. The van der Waals surface area contributed by atoms with E-state index in [2.05, 4.69) is 79.7 Å². The van der Waals surface area contributed by atoms with Crippen LogP contribution in [0, 0.1) is 0 Å². The normalized spacial score (nSPS) is 12.4. The molecule has 0 N–H and O–H groups in total. The Morgan fingerprint density at radius 3 is 2.25 bits per heavy atom. The van der Waals surface area contributed by atoms with E-state index in [0.717, 1.165) is 0 Å². The van der Waals surface area contributed by atoms with Crippen molar-refractivity contribution in [1.82, 2.24) is 0 Å². The van der Waals surface area contributed by atoms with Gasteiger partial charge in [-0.2, -0.15) is 0 Å². The van der Waals surface area contributed by atoms with E-state index in [1.807, 2.05) is 0 Å². The molecule has 0 heterocycles. The second-order valence-corrected chi connectivity index (χ2v) is 5.32. The monoisotopic (exact) mass is 260 g/mol.